The second-order valence-electron chi connectivity index (χ2n) is 5.15. The monoisotopic (exact) mass is 303 g/mol. The van der Waals surface area contributed by atoms with Crippen molar-refractivity contribution in [3.8, 4) is 11.1 Å². The Hall–Kier alpha value is -2.56. The molecule has 0 bridgehead atoms. The van der Waals surface area contributed by atoms with E-state index in [2.05, 4.69) is 4.98 Å². The first-order chi connectivity index (χ1) is 10.3. The zero-order valence-corrected chi connectivity index (χ0v) is 11.7. The van der Waals surface area contributed by atoms with Gasteiger partial charge in [-0.05, 0) is 47.9 Å². The summed E-state index contributed by atoms with van der Waals surface area (Å²) in [7, 11) is 0. The maximum atomic E-state index is 12.6. The first kappa shape index (κ1) is 14.4. The van der Waals surface area contributed by atoms with Gasteiger partial charge in [0, 0.05) is 17.0 Å². The van der Waals surface area contributed by atoms with Gasteiger partial charge in [0.15, 0.2) is 0 Å². The van der Waals surface area contributed by atoms with Crippen LogP contribution in [0.2, 0.25) is 0 Å². The molecular formula is C17H12F3NO. The molecule has 2 aromatic carbocycles. The van der Waals surface area contributed by atoms with Gasteiger partial charge >= 0.3 is 6.18 Å². The number of alkyl halides is 3. The van der Waals surface area contributed by atoms with Crippen LogP contribution in [0.15, 0.2) is 53.3 Å². The summed E-state index contributed by atoms with van der Waals surface area (Å²) in [5.41, 5.74) is 2.19. The molecule has 0 saturated carbocycles. The molecule has 22 heavy (non-hydrogen) atoms. The molecule has 1 heterocycles. The van der Waals surface area contributed by atoms with Crippen LogP contribution in [0.3, 0.4) is 0 Å². The predicted octanol–water partition coefficient (Wildman–Crippen LogP) is 4.52. The van der Waals surface area contributed by atoms with Crippen molar-refractivity contribution >= 4 is 10.9 Å². The number of aromatic amines is 1. The number of pyridine rings is 1. The van der Waals surface area contributed by atoms with Crippen LogP contribution in [0.25, 0.3) is 22.0 Å². The lowest BCUT2D eigenvalue weighted by Crippen LogP contribution is -2.05. The molecule has 3 aromatic rings. The molecule has 0 aliphatic heterocycles. The van der Waals surface area contributed by atoms with Crippen LogP contribution in [0.4, 0.5) is 13.2 Å². The Labute approximate surface area is 124 Å². The lowest BCUT2D eigenvalue weighted by Gasteiger charge is -2.09. The normalized spacial score (nSPS) is 11.8. The molecule has 0 fully saturated rings. The molecule has 3 rings (SSSR count). The molecule has 1 aromatic heterocycles. The van der Waals surface area contributed by atoms with E-state index >= 15 is 0 Å². The van der Waals surface area contributed by atoms with E-state index in [0.717, 1.165) is 28.6 Å². The van der Waals surface area contributed by atoms with Crippen molar-refractivity contribution in [2.45, 2.75) is 13.1 Å². The molecule has 0 amide bonds. The fraction of sp³-hybridized carbons (Fsp3) is 0.118. The van der Waals surface area contributed by atoms with E-state index in [0.29, 0.717) is 11.1 Å². The van der Waals surface area contributed by atoms with Gasteiger partial charge in [0.05, 0.1) is 5.56 Å². The van der Waals surface area contributed by atoms with Gasteiger partial charge in [-0.3, -0.25) is 4.79 Å². The van der Waals surface area contributed by atoms with Crippen LogP contribution in [-0.4, -0.2) is 4.98 Å². The molecule has 0 aliphatic carbocycles. The lowest BCUT2D eigenvalue weighted by atomic mass is 10.0. The van der Waals surface area contributed by atoms with E-state index in [9.17, 15) is 18.0 Å². The molecule has 0 spiro atoms. The van der Waals surface area contributed by atoms with Gasteiger partial charge in [0.25, 0.3) is 0 Å². The van der Waals surface area contributed by atoms with Crippen molar-refractivity contribution in [3.05, 3.63) is 70.0 Å². The standard InChI is InChI=1S/C17H12F3NO/c1-10-8-16(22)21-15-7-4-12(9-14(10)15)11-2-5-13(6-3-11)17(18,19)20/h2-9H,1H3,(H,21,22). The van der Waals surface area contributed by atoms with Crippen molar-refractivity contribution < 1.29 is 13.2 Å². The van der Waals surface area contributed by atoms with Gasteiger partial charge in [-0.1, -0.05) is 18.2 Å². The van der Waals surface area contributed by atoms with E-state index in [1.807, 2.05) is 13.0 Å². The van der Waals surface area contributed by atoms with Crippen LogP contribution < -0.4 is 5.56 Å². The first-order valence-electron chi connectivity index (χ1n) is 6.66. The molecule has 0 atom stereocenters. The van der Waals surface area contributed by atoms with Crippen molar-refractivity contribution in [1.82, 2.24) is 4.98 Å². The summed E-state index contributed by atoms with van der Waals surface area (Å²) in [5.74, 6) is 0. The second kappa shape index (κ2) is 5.02. The zero-order chi connectivity index (χ0) is 15.9. The number of aryl methyl sites for hydroxylation is 1. The highest BCUT2D eigenvalue weighted by Gasteiger charge is 2.29. The van der Waals surface area contributed by atoms with Gasteiger partial charge in [-0.25, -0.2) is 0 Å². The summed E-state index contributed by atoms with van der Waals surface area (Å²) in [6, 6.07) is 11.9. The summed E-state index contributed by atoms with van der Waals surface area (Å²) in [5, 5.41) is 0.872. The number of nitrogens with one attached hydrogen (secondary N) is 1. The Balaban J connectivity index is 2.09. The number of halogens is 3. The highest BCUT2D eigenvalue weighted by molar-refractivity contribution is 5.86. The first-order valence-corrected chi connectivity index (χ1v) is 6.66. The summed E-state index contributed by atoms with van der Waals surface area (Å²) in [6.45, 7) is 1.83. The average Bonchev–Trinajstić information content (AvgIpc) is 2.46. The SMILES string of the molecule is Cc1cc(=O)[nH]c2ccc(-c3ccc(C(F)(F)F)cc3)cc12. The van der Waals surface area contributed by atoms with E-state index in [1.54, 1.807) is 12.1 Å². The van der Waals surface area contributed by atoms with E-state index < -0.39 is 11.7 Å². The average molecular weight is 303 g/mol. The van der Waals surface area contributed by atoms with Gasteiger partial charge < -0.3 is 4.98 Å². The fourth-order valence-electron chi connectivity index (χ4n) is 2.45. The largest absolute Gasteiger partial charge is 0.416 e. The van der Waals surface area contributed by atoms with Gasteiger partial charge in [-0.15, -0.1) is 0 Å². The number of hydrogen-bond donors (Lipinski definition) is 1. The summed E-state index contributed by atoms with van der Waals surface area (Å²) in [4.78, 5) is 14.2. The van der Waals surface area contributed by atoms with Crippen molar-refractivity contribution in [2.75, 3.05) is 0 Å². The number of fused-ring (bicyclic) bond motifs is 1. The summed E-state index contributed by atoms with van der Waals surface area (Å²) >= 11 is 0. The van der Waals surface area contributed by atoms with Crippen LogP contribution >= 0.6 is 0 Å². The molecule has 0 unspecified atom stereocenters. The third-order valence-electron chi connectivity index (χ3n) is 3.60. The second-order valence-corrected chi connectivity index (χ2v) is 5.15. The Morgan fingerprint density at radius 3 is 2.18 bits per heavy atom. The van der Waals surface area contributed by atoms with Crippen LogP contribution in [0.5, 0.6) is 0 Å². The van der Waals surface area contributed by atoms with Gasteiger partial charge in [-0.2, -0.15) is 13.2 Å². The third kappa shape index (κ3) is 2.62. The minimum absolute atomic E-state index is 0.174. The van der Waals surface area contributed by atoms with E-state index in [4.69, 9.17) is 0 Å². The Kier molecular flexibility index (Phi) is 3.28. The topological polar surface area (TPSA) is 32.9 Å². The quantitative estimate of drug-likeness (QED) is 0.704. The molecule has 112 valence electrons. The van der Waals surface area contributed by atoms with Crippen LogP contribution in [0.1, 0.15) is 11.1 Å². The van der Waals surface area contributed by atoms with Crippen LogP contribution in [-0.2, 0) is 6.18 Å². The third-order valence-corrected chi connectivity index (χ3v) is 3.60. The predicted molar refractivity (Wildman–Crippen MR) is 79.7 cm³/mol. The minimum Gasteiger partial charge on any atom is -0.322 e. The summed E-state index contributed by atoms with van der Waals surface area (Å²) < 4.78 is 37.8. The number of benzene rings is 2. The zero-order valence-electron chi connectivity index (χ0n) is 11.7. The lowest BCUT2D eigenvalue weighted by molar-refractivity contribution is -0.137. The highest BCUT2D eigenvalue weighted by Crippen LogP contribution is 2.31. The van der Waals surface area contributed by atoms with Gasteiger partial charge in [0.1, 0.15) is 0 Å². The smallest absolute Gasteiger partial charge is 0.322 e. The number of hydrogen-bond acceptors (Lipinski definition) is 1. The maximum absolute atomic E-state index is 12.6. The molecule has 1 N–H and O–H groups in total. The van der Waals surface area contributed by atoms with Crippen molar-refractivity contribution in [2.24, 2.45) is 0 Å². The maximum Gasteiger partial charge on any atom is 0.416 e. The number of rotatable bonds is 1. The summed E-state index contributed by atoms with van der Waals surface area (Å²) in [6.07, 6.45) is -4.34. The number of aromatic nitrogens is 1. The Bertz CT molecular complexity index is 892. The fourth-order valence-corrected chi connectivity index (χ4v) is 2.45. The molecule has 0 aliphatic rings. The molecule has 5 heteroatoms. The molecule has 0 radical (unpaired) electrons. The molecule has 0 saturated heterocycles. The molecular weight excluding hydrogens is 291 g/mol. The Morgan fingerprint density at radius 2 is 1.55 bits per heavy atom. The minimum atomic E-state index is -4.34. The van der Waals surface area contributed by atoms with Gasteiger partial charge in [0.2, 0.25) is 5.56 Å². The van der Waals surface area contributed by atoms with Crippen molar-refractivity contribution in [1.29, 1.82) is 0 Å². The highest BCUT2D eigenvalue weighted by atomic mass is 19.4. The van der Waals surface area contributed by atoms with Crippen molar-refractivity contribution in [3.63, 3.8) is 0 Å². The van der Waals surface area contributed by atoms with Crippen LogP contribution in [0, 0.1) is 6.92 Å². The number of H-pyrrole nitrogens is 1. The van der Waals surface area contributed by atoms with E-state index in [-0.39, 0.29) is 5.56 Å². The molecule has 2 nitrogen and oxygen atoms in total. The Morgan fingerprint density at radius 1 is 0.909 bits per heavy atom. The van der Waals surface area contributed by atoms with E-state index in [1.165, 1.54) is 18.2 Å².